The highest BCUT2D eigenvalue weighted by atomic mass is 31.2. The van der Waals surface area contributed by atoms with Crippen molar-refractivity contribution in [1.82, 2.24) is 10.1 Å². The standard InChI is InChI=1S/C17H21N4O5P/c18-10-13-5-3-12(4-6-13)8-14-9-16(26-20-14)15-2-1-7-21(17(15)19)11-25-27(22,23)24/h1-7,9,17H,8,10-11,18-19H2,(H2,22,23,24). The summed E-state index contributed by atoms with van der Waals surface area (Å²) in [6.07, 6.45) is 4.94. The molecule has 0 saturated carbocycles. The predicted molar refractivity (Wildman–Crippen MR) is 98.6 cm³/mol. The second kappa shape index (κ2) is 8.18. The van der Waals surface area contributed by atoms with Crippen molar-refractivity contribution < 1.29 is 23.4 Å². The maximum atomic E-state index is 10.9. The molecule has 27 heavy (non-hydrogen) atoms. The highest BCUT2D eigenvalue weighted by Crippen LogP contribution is 2.36. The van der Waals surface area contributed by atoms with Crippen LogP contribution in [0.5, 0.6) is 0 Å². The van der Waals surface area contributed by atoms with Gasteiger partial charge in [0.15, 0.2) is 5.76 Å². The summed E-state index contributed by atoms with van der Waals surface area (Å²) in [6.45, 7) is 0.143. The quantitative estimate of drug-likeness (QED) is 0.511. The molecule has 0 saturated heterocycles. The van der Waals surface area contributed by atoms with Gasteiger partial charge in [0, 0.05) is 30.8 Å². The Morgan fingerprint density at radius 1 is 1.26 bits per heavy atom. The molecule has 9 nitrogen and oxygen atoms in total. The fraction of sp³-hybridized carbons (Fsp3) is 0.235. The van der Waals surface area contributed by atoms with Crippen molar-refractivity contribution in [3.63, 3.8) is 0 Å². The molecule has 0 aliphatic carbocycles. The molecule has 2 aromatic rings. The molecule has 10 heteroatoms. The lowest BCUT2D eigenvalue weighted by Crippen LogP contribution is -2.41. The first-order valence-corrected chi connectivity index (χ1v) is 9.72. The average molecular weight is 392 g/mol. The van der Waals surface area contributed by atoms with Crippen LogP contribution in [0, 0.1) is 0 Å². The summed E-state index contributed by atoms with van der Waals surface area (Å²) in [4.78, 5) is 19.1. The lowest BCUT2D eigenvalue weighted by atomic mass is 10.0. The van der Waals surface area contributed by atoms with Crippen LogP contribution in [0.3, 0.4) is 0 Å². The Balaban J connectivity index is 1.68. The number of benzene rings is 1. The number of phosphoric acid groups is 1. The Kier molecular flexibility index (Phi) is 5.91. The van der Waals surface area contributed by atoms with Gasteiger partial charge in [0.1, 0.15) is 12.9 Å². The zero-order chi connectivity index (χ0) is 19.4. The number of rotatable bonds is 7. The van der Waals surface area contributed by atoms with E-state index in [-0.39, 0.29) is 6.73 Å². The number of hydrogen-bond acceptors (Lipinski definition) is 7. The van der Waals surface area contributed by atoms with Crippen molar-refractivity contribution in [2.24, 2.45) is 11.5 Å². The van der Waals surface area contributed by atoms with Gasteiger partial charge in [-0.25, -0.2) is 4.57 Å². The van der Waals surface area contributed by atoms with E-state index >= 15 is 0 Å². The summed E-state index contributed by atoms with van der Waals surface area (Å²) in [5, 5.41) is 4.08. The van der Waals surface area contributed by atoms with Crippen LogP contribution in [0.1, 0.15) is 22.6 Å². The Labute approximate surface area is 156 Å². The van der Waals surface area contributed by atoms with Gasteiger partial charge in [0.05, 0.1) is 5.69 Å². The first kappa shape index (κ1) is 19.5. The first-order valence-electron chi connectivity index (χ1n) is 8.19. The van der Waals surface area contributed by atoms with E-state index in [1.807, 2.05) is 24.3 Å². The molecule has 0 bridgehead atoms. The molecule has 3 rings (SSSR count). The van der Waals surface area contributed by atoms with Crippen molar-refractivity contribution in [2.45, 2.75) is 19.1 Å². The summed E-state index contributed by atoms with van der Waals surface area (Å²) in [5.74, 6) is 0.488. The molecule has 1 aromatic carbocycles. The molecular weight excluding hydrogens is 371 g/mol. The highest BCUT2D eigenvalue weighted by Gasteiger charge is 2.25. The lowest BCUT2D eigenvalue weighted by molar-refractivity contribution is 0.110. The second-order valence-electron chi connectivity index (χ2n) is 6.05. The van der Waals surface area contributed by atoms with Crippen LogP contribution in [0.4, 0.5) is 0 Å². The Bertz CT molecular complexity index is 887. The second-order valence-corrected chi connectivity index (χ2v) is 7.29. The molecule has 0 amide bonds. The number of nitrogens with zero attached hydrogens (tertiary/aromatic N) is 2. The van der Waals surface area contributed by atoms with E-state index in [1.165, 1.54) is 4.90 Å². The van der Waals surface area contributed by atoms with Gasteiger partial charge in [0.25, 0.3) is 0 Å². The Hall–Kier alpha value is -2.26. The molecular formula is C17H21N4O5P. The van der Waals surface area contributed by atoms with E-state index in [0.717, 1.165) is 16.8 Å². The summed E-state index contributed by atoms with van der Waals surface area (Å²) in [5.41, 5.74) is 15.3. The largest absolute Gasteiger partial charge is 0.471 e. The third-order valence-corrected chi connectivity index (χ3v) is 4.54. The minimum Gasteiger partial charge on any atom is -0.356 e. The van der Waals surface area contributed by atoms with Crippen LogP contribution in [0.15, 0.2) is 53.2 Å². The van der Waals surface area contributed by atoms with Crippen LogP contribution in [0.25, 0.3) is 5.57 Å². The predicted octanol–water partition coefficient (Wildman–Crippen LogP) is 1.29. The minimum atomic E-state index is -4.59. The minimum absolute atomic E-state index is 0.353. The molecule has 0 fully saturated rings. The smallest absolute Gasteiger partial charge is 0.356 e. The van der Waals surface area contributed by atoms with E-state index < -0.39 is 14.0 Å². The fourth-order valence-electron chi connectivity index (χ4n) is 2.65. The molecule has 1 atom stereocenters. The Morgan fingerprint density at radius 3 is 2.63 bits per heavy atom. The van der Waals surface area contributed by atoms with Crippen molar-refractivity contribution in [3.05, 3.63) is 71.3 Å². The maximum Gasteiger partial charge on any atom is 0.471 e. The maximum absolute atomic E-state index is 10.9. The van der Waals surface area contributed by atoms with E-state index in [4.69, 9.17) is 25.8 Å². The van der Waals surface area contributed by atoms with E-state index in [1.54, 1.807) is 24.4 Å². The van der Waals surface area contributed by atoms with E-state index in [9.17, 15) is 4.57 Å². The van der Waals surface area contributed by atoms with Crippen LogP contribution in [-0.4, -0.2) is 32.7 Å². The fourth-order valence-corrected chi connectivity index (χ4v) is 2.94. The Morgan fingerprint density at radius 2 is 1.96 bits per heavy atom. The molecule has 1 unspecified atom stereocenters. The van der Waals surface area contributed by atoms with Crippen molar-refractivity contribution in [3.8, 4) is 0 Å². The van der Waals surface area contributed by atoms with Crippen LogP contribution in [-0.2, 0) is 22.1 Å². The molecule has 0 spiro atoms. The monoisotopic (exact) mass is 392 g/mol. The molecule has 1 aliphatic heterocycles. The third-order valence-electron chi connectivity index (χ3n) is 4.09. The lowest BCUT2D eigenvalue weighted by Gasteiger charge is -2.30. The van der Waals surface area contributed by atoms with Gasteiger partial charge in [-0.1, -0.05) is 35.5 Å². The van der Waals surface area contributed by atoms with Crippen LogP contribution < -0.4 is 11.5 Å². The zero-order valence-electron chi connectivity index (χ0n) is 14.4. The summed E-state index contributed by atoms with van der Waals surface area (Å²) < 4.78 is 20.8. The van der Waals surface area contributed by atoms with Gasteiger partial charge in [-0.2, -0.15) is 0 Å². The van der Waals surface area contributed by atoms with Crippen LogP contribution in [0.2, 0.25) is 0 Å². The normalized spacial score (nSPS) is 17.3. The molecule has 1 aliphatic rings. The molecule has 2 heterocycles. The summed E-state index contributed by atoms with van der Waals surface area (Å²) in [7, 11) is -4.59. The van der Waals surface area contributed by atoms with Crippen molar-refractivity contribution in [1.29, 1.82) is 0 Å². The van der Waals surface area contributed by atoms with Gasteiger partial charge in [-0.05, 0) is 17.2 Å². The SMILES string of the molecule is NCc1ccc(Cc2cc(C3=CC=CN(COP(=O)(O)O)C3N)on2)cc1. The first-order chi connectivity index (χ1) is 12.9. The number of aromatic nitrogens is 1. The third kappa shape index (κ3) is 5.14. The average Bonchev–Trinajstić information content (AvgIpc) is 3.09. The summed E-state index contributed by atoms with van der Waals surface area (Å²) in [6, 6.07) is 9.72. The highest BCUT2D eigenvalue weighted by molar-refractivity contribution is 7.46. The van der Waals surface area contributed by atoms with Crippen LogP contribution >= 0.6 is 7.82 Å². The summed E-state index contributed by atoms with van der Waals surface area (Å²) >= 11 is 0. The van der Waals surface area contributed by atoms with E-state index in [2.05, 4.69) is 9.68 Å². The van der Waals surface area contributed by atoms with Gasteiger partial charge in [-0.15, -0.1) is 0 Å². The topological polar surface area (TPSA) is 148 Å². The zero-order valence-corrected chi connectivity index (χ0v) is 15.3. The van der Waals surface area contributed by atoms with Gasteiger partial charge >= 0.3 is 7.82 Å². The van der Waals surface area contributed by atoms with E-state index in [0.29, 0.717) is 24.3 Å². The van der Waals surface area contributed by atoms with Gasteiger partial charge < -0.3 is 30.7 Å². The molecule has 0 radical (unpaired) electrons. The molecule has 144 valence electrons. The molecule has 1 aromatic heterocycles. The number of allylic oxidation sites excluding steroid dienone is 2. The number of nitrogens with two attached hydrogens (primary N) is 2. The van der Waals surface area contributed by atoms with Gasteiger partial charge in [0.2, 0.25) is 0 Å². The van der Waals surface area contributed by atoms with Crippen molar-refractivity contribution >= 4 is 13.4 Å². The molecule has 6 N–H and O–H groups in total. The number of phosphoric ester groups is 1. The van der Waals surface area contributed by atoms with Gasteiger partial charge in [-0.3, -0.25) is 4.52 Å². The van der Waals surface area contributed by atoms with Crippen molar-refractivity contribution in [2.75, 3.05) is 6.73 Å². The number of hydrogen-bond donors (Lipinski definition) is 4.